The molecule has 6 nitrogen and oxygen atoms in total. The van der Waals surface area contributed by atoms with Crippen LogP contribution in [0.4, 0.5) is 10.5 Å². The molecule has 7 heteroatoms. The Morgan fingerprint density at radius 1 is 1.03 bits per heavy atom. The number of benzene rings is 2. The average molecular weight is 464 g/mol. The number of ether oxygens (including phenoxy) is 1. The largest absolute Gasteiger partial charge is 0.444 e. The zero-order valence-corrected chi connectivity index (χ0v) is 19.3. The van der Waals surface area contributed by atoms with Crippen molar-refractivity contribution in [1.82, 2.24) is 4.98 Å². The van der Waals surface area contributed by atoms with Gasteiger partial charge in [-0.2, -0.15) is 0 Å². The third-order valence-electron chi connectivity index (χ3n) is 4.98. The van der Waals surface area contributed by atoms with E-state index in [0.717, 1.165) is 16.7 Å². The summed E-state index contributed by atoms with van der Waals surface area (Å²) in [6.07, 6.45) is 5.44. The van der Waals surface area contributed by atoms with E-state index in [1.165, 1.54) is 6.08 Å². The van der Waals surface area contributed by atoms with E-state index < -0.39 is 11.7 Å². The predicted octanol–water partition coefficient (Wildman–Crippen LogP) is 5.86. The molecule has 0 saturated heterocycles. The van der Waals surface area contributed by atoms with E-state index >= 15 is 0 Å². The Kier molecular flexibility index (Phi) is 7.85. The minimum Gasteiger partial charge on any atom is -0.444 e. The van der Waals surface area contributed by atoms with Gasteiger partial charge in [0.25, 0.3) is 0 Å². The maximum atomic E-state index is 12.3. The normalized spacial score (nSPS) is 11.4. The molecule has 1 heterocycles. The zero-order valence-electron chi connectivity index (χ0n) is 18.5. The summed E-state index contributed by atoms with van der Waals surface area (Å²) in [7, 11) is 0. The molecule has 3 aromatic rings. The van der Waals surface area contributed by atoms with Gasteiger partial charge in [-0.05, 0) is 74.2 Å². The number of hydrogen-bond acceptors (Lipinski definition) is 4. The summed E-state index contributed by atoms with van der Waals surface area (Å²) in [5.41, 5.74) is 8.88. The Morgan fingerprint density at radius 2 is 1.70 bits per heavy atom. The maximum Gasteiger partial charge on any atom is 0.405 e. The molecule has 0 unspecified atom stereocenters. The lowest BCUT2D eigenvalue weighted by Crippen LogP contribution is -2.31. The summed E-state index contributed by atoms with van der Waals surface area (Å²) in [6.45, 7) is 3.64. The van der Waals surface area contributed by atoms with Gasteiger partial charge in [0.2, 0.25) is 5.91 Å². The predicted molar refractivity (Wildman–Crippen MR) is 132 cm³/mol. The van der Waals surface area contributed by atoms with E-state index in [-0.39, 0.29) is 5.91 Å². The molecule has 0 radical (unpaired) electrons. The monoisotopic (exact) mass is 463 g/mol. The van der Waals surface area contributed by atoms with E-state index in [1.807, 2.05) is 74.5 Å². The van der Waals surface area contributed by atoms with Gasteiger partial charge in [0.1, 0.15) is 5.60 Å². The summed E-state index contributed by atoms with van der Waals surface area (Å²) >= 11 is 5.92. The van der Waals surface area contributed by atoms with Crippen LogP contribution in [0, 0.1) is 0 Å². The van der Waals surface area contributed by atoms with Gasteiger partial charge in [-0.15, -0.1) is 0 Å². The van der Waals surface area contributed by atoms with Gasteiger partial charge in [0, 0.05) is 28.5 Å². The highest BCUT2D eigenvalue weighted by molar-refractivity contribution is 6.30. The molecule has 3 N–H and O–H groups in total. The van der Waals surface area contributed by atoms with Crippen LogP contribution in [0.25, 0.3) is 17.2 Å². The number of carbonyl (C=O) groups is 2. The van der Waals surface area contributed by atoms with Crippen LogP contribution in [-0.4, -0.2) is 22.6 Å². The van der Waals surface area contributed by atoms with Gasteiger partial charge in [0.15, 0.2) is 0 Å². The second-order valence-corrected chi connectivity index (χ2v) is 8.62. The third-order valence-corrected chi connectivity index (χ3v) is 5.24. The molecule has 2 amide bonds. The minimum absolute atomic E-state index is 0.248. The second kappa shape index (κ2) is 10.8. The SMILES string of the molecule is CC(C)(CCc1ccc(NC(=O)/C=C/c2ccc(-c3ccc(Cl)cc3)cn2)cc1)OC(N)=O. The van der Waals surface area contributed by atoms with Gasteiger partial charge < -0.3 is 15.8 Å². The molecule has 0 aliphatic rings. The molecule has 0 fully saturated rings. The Bertz CT molecular complexity index is 1120. The van der Waals surface area contributed by atoms with E-state index in [4.69, 9.17) is 22.1 Å². The van der Waals surface area contributed by atoms with E-state index in [9.17, 15) is 9.59 Å². The standard InChI is InChI=1S/C26H26ClN3O3/c1-26(2,33-25(28)32)16-15-18-3-10-23(11-4-18)30-24(31)14-13-22-12-7-20(17-29-22)19-5-8-21(27)9-6-19/h3-14,17H,15-16H2,1-2H3,(H2,28,32)(H,30,31)/b14-13+. The molecule has 0 spiro atoms. The third kappa shape index (κ3) is 7.77. The van der Waals surface area contributed by atoms with Gasteiger partial charge in [-0.25, -0.2) is 4.79 Å². The molecule has 2 aromatic carbocycles. The summed E-state index contributed by atoms with van der Waals surface area (Å²) in [6, 6.07) is 18.9. The highest BCUT2D eigenvalue weighted by Crippen LogP contribution is 2.21. The zero-order chi connectivity index (χ0) is 23.8. The highest BCUT2D eigenvalue weighted by Gasteiger charge is 2.21. The maximum absolute atomic E-state index is 12.3. The van der Waals surface area contributed by atoms with Gasteiger partial charge in [0.05, 0.1) is 5.69 Å². The first-order valence-corrected chi connectivity index (χ1v) is 10.9. The van der Waals surface area contributed by atoms with Crippen LogP contribution in [0.5, 0.6) is 0 Å². The average Bonchev–Trinajstić information content (AvgIpc) is 2.77. The van der Waals surface area contributed by atoms with Crippen LogP contribution >= 0.6 is 11.6 Å². The number of carbonyl (C=O) groups excluding carboxylic acids is 2. The first kappa shape index (κ1) is 24.0. The second-order valence-electron chi connectivity index (χ2n) is 8.18. The summed E-state index contributed by atoms with van der Waals surface area (Å²) in [5.74, 6) is -0.248. The number of nitrogens with one attached hydrogen (secondary N) is 1. The van der Waals surface area contributed by atoms with Crippen LogP contribution < -0.4 is 11.1 Å². The number of primary amides is 1. The topological polar surface area (TPSA) is 94.3 Å². The molecule has 0 saturated carbocycles. The van der Waals surface area contributed by atoms with Crippen molar-refractivity contribution in [3.05, 3.63) is 89.2 Å². The molecule has 0 aliphatic heterocycles. The van der Waals surface area contributed by atoms with Crippen molar-refractivity contribution < 1.29 is 14.3 Å². The number of aromatic nitrogens is 1. The first-order chi connectivity index (χ1) is 15.7. The van der Waals surface area contributed by atoms with Crippen LogP contribution in [0.2, 0.25) is 5.02 Å². The number of aryl methyl sites for hydroxylation is 1. The van der Waals surface area contributed by atoms with Crippen molar-refractivity contribution >= 4 is 35.4 Å². The molecule has 0 bridgehead atoms. The van der Waals surface area contributed by atoms with Crippen LogP contribution in [0.1, 0.15) is 31.5 Å². The number of halogens is 1. The van der Waals surface area contributed by atoms with E-state index in [0.29, 0.717) is 29.2 Å². The van der Waals surface area contributed by atoms with Crippen LogP contribution in [-0.2, 0) is 16.0 Å². The van der Waals surface area contributed by atoms with Gasteiger partial charge in [-0.1, -0.05) is 41.9 Å². The highest BCUT2D eigenvalue weighted by atomic mass is 35.5. The van der Waals surface area contributed by atoms with Gasteiger partial charge in [-0.3, -0.25) is 9.78 Å². The lowest BCUT2D eigenvalue weighted by molar-refractivity contribution is -0.111. The van der Waals surface area contributed by atoms with Crippen molar-refractivity contribution in [2.24, 2.45) is 5.73 Å². The summed E-state index contributed by atoms with van der Waals surface area (Å²) in [4.78, 5) is 27.6. The van der Waals surface area contributed by atoms with Crippen LogP contribution in [0.15, 0.2) is 72.9 Å². The fraction of sp³-hybridized carbons (Fsp3) is 0.192. The first-order valence-electron chi connectivity index (χ1n) is 10.5. The molecule has 0 aliphatic carbocycles. The van der Waals surface area contributed by atoms with Crippen molar-refractivity contribution in [3.8, 4) is 11.1 Å². The Morgan fingerprint density at radius 3 is 2.30 bits per heavy atom. The molecule has 170 valence electrons. The molecule has 1 aromatic heterocycles. The Labute approximate surface area is 198 Å². The van der Waals surface area contributed by atoms with Crippen molar-refractivity contribution in [2.75, 3.05) is 5.32 Å². The lowest BCUT2D eigenvalue weighted by atomic mass is 9.98. The number of pyridine rings is 1. The fourth-order valence-electron chi connectivity index (χ4n) is 3.19. The number of amides is 2. The van der Waals surface area contributed by atoms with Crippen molar-refractivity contribution in [1.29, 1.82) is 0 Å². The Balaban J connectivity index is 1.52. The quantitative estimate of drug-likeness (QED) is 0.409. The lowest BCUT2D eigenvalue weighted by Gasteiger charge is -2.23. The summed E-state index contributed by atoms with van der Waals surface area (Å²) in [5, 5.41) is 3.51. The molecular formula is C26H26ClN3O3. The minimum atomic E-state index is -0.779. The molecule has 33 heavy (non-hydrogen) atoms. The van der Waals surface area contributed by atoms with Crippen molar-refractivity contribution in [3.63, 3.8) is 0 Å². The molecule has 3 rings (SSSR count). The Hall–Kier alpha value is -3.64. The van der Waals surface area contributed by atoms with Crippen molar-refractivity contribution in [2.45, 2.75) is 32.3 Å². The molecule has 0 atom stereocenters. The van der Waals surface area contributed by atoms with E-state index in [2.05, 4.69) is 10.3 Å². The number of nitrogens with two attached hydrogens (primary N) is 1. The number of nitrogens with zero attached hydrogens (tertiary/aromatic N) is 1. The van der Waals surface area contributed by atoms with Gasteiger partial charge >= 0.3 is 6.09 Å². The van der Waals surface area contributed by atoms with E-state index in [1.54, 1.807) is 12.3 Å². The van der Waals surface area contributed by atoms with Crippen LogP contribution in [0.3, 0.4) is 0 Å². The fourth-order valence-corrected chi connectivity index (χ4v) is 3.31. The number of anilines is 1. The molecular weight excluding hydrogens is 438 g/mol. The number of hydrogen-bond donors (Lipinski definition) is 2. The number of rotatable bonds is 8. The smallest absolute Gasteiger partial charge is 0.405 e. The summed E-state index contributed by atoms with van der Waals surface area (Å²) < 4.78 is 5.10.